The zero-order chi connectivity index (χ0) is 38.3. The molecule has 3 aliphatic heterocycles. The minimum absolute atomic E-state index is 0.0197. The van der Waals surface area contributed by atoms with Crippen LogP contribution in [0.4, 0.5) is 10.2 Å². The summed E-state index contributed by atoms with van der Waals surface area (Å²) in [4.78, 5) is 49.4. The fourth-order valence-electron chi connectivity index (χ4n) is 7.45. The van der Waals surface area contributed by atoms with Crippen LogP contribution in [0.15, 0.2) is 24.5 Å². The van der Waals surface area contributed by atoms with Gasteiger partial charge in [-0.15, -0.1) is 10.2 Å². The van der Waals surface area contributed by atoms with Crippen LogP contribution in [0.1, 0.15) is 70.7 Å². The average molecular weight is 742 g/mol. The Hall–Kier alpha value is -4.25. The number of nitrogens with zero attached hydrogens (tertiary/aromatic N) is 6. The monoisotopic (exact) mass is 741 g/mol. The Kier molecular flexibility index (Phi) is 13.4. The maximum Gasteiger partial charge on any atom is 0.336 e. The standard InChI is InChI=1S/C37H52FN7O8/c1-7-45(24(4)5)36(49)26-17-27(38)32-33(52-30(48)11-10-29(47)51-32)31(26)53-35-34(40-22-41-42-35)43-16-13-37(19-43)20-44(21-37)28(23(2)3)9-8-14-39-15-12-25(18-46)50-6/h10-11,17,22-25,28,39,46H,7-9,12-16,18-21H2,1-6H3/b11-10+/t25-,28-/m1/s1. The number of likely N-dealkylation sites (tertiary alicyclic amines) is 1. The van der Waals surface area contributed by atoms with E-state index in [9.17, 15) is 19.5 Å². The molecule has 2 N–H and O–H groups in total. The van der Waals surface area contributed by atoms with E-state index in [1.54, 1.807) is 14.0 Å². The van der Waals surface area contributed by atoms with Gasteiger partial charge >= 0.3 is 11.9 Å². The number of carbonyl (C=O) groups excluding carboxylic acids is 3. The van der Waals surface area contributed by atoms with Crippen molar-refractivity contribution >= 4 is 23.7 Å². The minimum Gasteiger partial charge on any atom is -0.430 e. The van der Waals surface area contributed by atoms with Crippen LogP contribution in [-0.4, -0.2) is 126 Å². The number of hydrogen-bond acceptors (Lipinski definition) is 14. The molecule has 290 valence electrons. The van der Waals surface area contributed by atoms with E-state index in [0.717, 1.165) is 70.1 Å². The summed E-state index contributed by atoms with van der Waals surface area (Å²) in [6, 6.07) is 1.08. The van der Waals surface area contributed by atoms with E-state index in [0.29, 0.717) is 37.4 Å². The van der Waals surface area contributed by atoms with E-state index in [1.165, 1.54) is 11.2 Å². The third kappa shape index (κ3) is 9.28. The van der Waals surface area contributed by atoms with Gasteiger partial charge in [-0.1, -0.05) is 13.8 Å². The zero-order valence-electron chi connectivity index (χ0n) is 31.5. The lowest BCUT2D eigenvalue weighted by Crippen LogP contribution is -2.62. The van der Waals surface area contributed by atoms with Crippen LogP contribution < -0.4 is 24.4 Å². The summed E-state index contributed by atoms with van der Waals surface area (Å²) < 4.78 is 37.7. The van der Waals surface area contributed by atoms with Crippen molar-refractivity contribution < 1.29 is 42.8 Å². The van der Waals surface area contributed by atoms with E-state index in [-0.39, 0.29) is 41.4 Å². The van der Waals surface area contributed by atoms with E-state index < -0.39 is 35.2 Å². The van der Waals surface area contributed by atoms with Crippen LogP contribution in [0.5, 0.6) is 23.1 Å². The Bertz CT molecular complexity index is 1650. The number of halogens is 1. The zero-order valence-corrected chi connectivity index (χ0v) is 31.5. The Balaban J connectivity index is 1.33. The molecule has 0 bridgehead atoms. The molecule has 0 aliphatic carbocycles. The van der Waals surface area contributed by atoms with Crippen molar-refractivity contribution in [2.45, 2.75) is 78.5 Å². The predicted molar refractivity (Wildman–Crippen MR) is 193 cm³/mol. The number of anilines is 1. The smallest absolute Gasteiger partial charge is 0.336 e. The molecule has 3 aliphatic rings. The molecule has 0 radical (unpaired) electrons. The van der Waals surface area contributed by atoms with Crippen LogP contribution in [0.2, 0.25) is 0 Å². The Morgan fingerprint density at radius 2 is 1.81 bits per heavy atom. The topological polar surface area (TPSA) is 169 Å². The van der Waals surface area contributed by atoms with Crippen LogP contribution in [0, 0.1) is 17.2 Å². The van der Waals surface area contributed by atoms with Gasteiger partial charge in [0.1, 0.15) is 6.33 Å². The maximum absolute atomic E-state index is 15.6. The van der Waals surface area contributed by atoms with Gasteiger partial charge in [-0.3, -0.25) is 9.69 Å². The molecule has 15 nitrogen and oxygen atoms in total. The number of ether oxygens (including phenoxy) is 4. The molecule has 16 heteroatoms. The average Bonchev–Trinajstić information content (AvgIpc) is 3.56. The molecular weight excluding hydrogens is 689 g/mol. The van der Waals surface area contributed by atoms with Crippen molar-refractivity contribution in [1.82, 2.24) is 30.3 Å². The summed E-state index contributed by atoms with van der Waals surface area (Å²) >= 11 is 0. The van der Waals surface area contributed by atoms with Crippen LogP contribution in [0.25, 0.3) is 0 Å². The van der Waals surface area contributed by atoms with Gasteiger partial charge in [-0.25, -0.2) is 19.0 Å². The quantitative estimate of drug-likeness (QED) is 0.138. The highest BCUT2D eigenvalue weighted by Gasteiger charge is 2.50. The number of aromatic nitrogens is 3. The summed E-state index contributed by atoms with van der Waals surface area (Å²) in [5, 5.41) is 20.9. The van der Waals surface area contributed by atoms with Crippen molar-refractivity contribution in [3.63, 3.8) is 0 Å². The van der Waals surface area contributed by atoms with Gasteiger partial charge in [0.05, 0.1) is 18.3 Å². The highest BCUT2D eigenvalue weighted by molar-refractivity contribution is 6.01. The lowest BCUT2D eigenvalue weighted by molar-refractivity contribution is -0.133. The second-order valence-corrected chi connectivity index (χ2v) is 14.6. The normalized spacial score (nSPS) is 18.6. The van der Waals surface area contributed by atoms with Crippen LogP contribution in [-0.2, 0) is 14.3 Å². The predicted octanol–water partition coefficient (Wildman–Crippen LogP) is 3.36. The van der Waals surface area contributed by atoms with Crippen molar-refractivity contribution in [1.29, 1.82) is 0 Å². The lowest BCUT2D eigenvalue weighted by atomic mass is 9.76. The molecule has 4 heterocycles. The number of methoxy groups -OCH3 is 1. The van der Waals surface area contributed by atoms with Crippen molar-refractivity contribution in [2.75, 3.05) is 64.4 Å². The fraction of sp³-hybridized carbons (Fsp3) is 0.622. The van der Waals surface area contributed by atoms with Crippen molar-refractivity contribution in [3.8, 4) is 23.1 Å². The van der Waals surface area contributed by atoms with E-state index in [4.69, 9.17) is 18.9 Å². The lowest BCUT2D eigenvalue weighted by Gasteiger charge is -2.53. The molecular formula is C37H52FN7O8. The number of benzene rings is 1. The summed E-state index contributed by atoms with van der Waals surface area (Å²) in [5.74, 6) is -4.53. The number of carbonyl (C=O) groups is 3. The summed E-state index contributed by atoms with van der Waals surface area (Å²) in [6.07, 6.45) is 6.61. The Labute approximate surface area is 309 Å². The number of amides is 1. The molecule has 2 saturated heterocycles. The molecule has 1 aromatic carbocycles. The molecule has 2 fully saturated rings. The van der Waals surface area contributed by atoms with Gasteiger partial charge in [0.25, 0.3) is 11.8 Å². The van der Waals surface area contributed by atoms with Crippen LogP contribution >= 0.6 is 0 Å². The van der Waals surface area contributed by atoms with Crippen LogP contribution in [0.3, 0.4) is 0 Å². The third-order valence-corrected chi connectivity index (χ3v) is 10.2. The molecule has 53 heavy (non-hydrogen) atoms. The number of fused-ring (bicyclic) bond motifs is 1. The van der Waals surface area contributed by atoms with E-state index >= 15 is 4.39 Å². The first-order valence-corrected chi connectivity index (χ1v) is 18.4. The number of nitrogens with one attached hydrogen (secondary N) is 1. The molecule has 2 aromatic rings. The molecule has 0 unspecified atom stereocenters. The summed E-state index contributed by atoms with van der Waals surface area (Å²) in [5.41, 5.74) is -0.220. The molecule has 1 amide bonds. The molecule has 0 saturated carbocycles. The number of hydrogen-bond donors (Lipinski definition) is 2. The largest absolute Gasteiger partial charge is 0.430 e. The van der Waals surface area contributed by atoms with Gasteiger partial charge in [0, 0.05) is 69.5 Å². The minimum atomic E-state index is -1.09. The Morgan fingerprint density at radius 1 is 1.09 bits per heavy atom. The first kappa shape index (κ1) is 39.9. The number of aliphatic hydroxyl groups is 1. The Morgan fingerprint density at radius 3 is 2.45 bits per heavy atom. The maximum atomic E-state index is 15.6. The fourth-order valence-corrected chi connectivity index (χ4v) is 7.45. The third-order valence-electron chi connectivity index (χ3n) is 10.2. The van der Waals surface area contributed by atoms with Crippen molar-refractivity contribution in [3.05, 3.63) is 35.9 Å². The second-order valence-electron chi connectivity index (χ2n) is 14.6. The van der Waals surface area contributed by atoms with E-state index in [1.807, 2.05) is 13.8 Å². The van der Waals surface area contributed by atoms with Gasteiger partial charge in [0.2, 0.25) is 11.5 Å². The molecule has 5 rings (SSSR count). The van der Waals surface area contributed by atoms with E-state index in [2.05, 4.69) is 44.1 Å². The first-order chi connectivity index (χ1) is 25.4. The highest BCUT2D eigenvalue weighted by atomic mass is 19.1. The molecule has 1 spiro atoms. The van der Waals surface area contributed by atoms with Gasteiger partial charge in [-0.05, 0) is 71.5 Å². The van der Waals surface area contributed by atoms with Gasteiger partial charge < -0.3 is 39.2 Å². The summed E-state index contributed by atoms with van der Waals surface area (Å²) in [7, 11) is 1.61. The number of rotatable bonds is 17. The molecule has 1 aromatic heterocycles. The first-order valence-electron chi connectivity index (χ1n) is 18.4. The number of esters is 2. The number of aliphatic hydroxyl groups excluding tert-OH is 1. The highest BCUT2D eigenvalue weighted by Crippen LogP contribution is 2.48. The molecule has 2 atom stereocenters. The second kappa shape index (κ2) is 17.7. The van der Waals surface area contributed by atoms with Crippen molar-refractivity contribution in [2.24, 2.45) is 11.3 Å². The van der Waals surface area contributed by atoms with Gasteiger partial charge in [-0.2, -0.15) is 0 Å². The SMILES string of the molecule is CCN(C(=O)c1cc(F)c2c(c1Oc1nncnc1N1CCC3(C1)CN([C@H](CCCNCC[C@H](CO)OC)C(C)C)C3)OC(=O)/C=C/C(=O)O2)C(C)C. The van der Waals surface area contributed by atoms with Gasteiger partial charge in [0.15, 0.2) is 17.4 Å². The summed E-state index contributed by atoms with van der Waals surface area (Å²) in [6.45, 7) is 15.2.